The maximum Gasteiger partial charge on any atom is 0.232 e. The molecule has 4 rings (SSSR count). The molecule has 0 spiro atoms. The number of anilines is 1. The number of amides is 1. The Hall–Kier alpha value is -3.16. The minimum absolute atomic E-state index is 0.164. The van der Waals surface area contributed by atoms with E-state index in [1.807, 2.05) is 0 Å². The quantitative estimate of drug-likeness (QED) is 0.732. The van der Waals surface area contributed by atoms with E-state index in [0.29, 0.717) is 17.4 Å². The van der Waals surface area contributed by atoms with E-state index in [0.717, 1.165) is 17.7 Å². The van der Waals surface area contributed by atoms with Crippen LogP contribution in [-0.2, 0) is 4.79 Å². The summed E-state index contributed by atoms with van der Waals surface area (Å²) in [6.07, 6.45) is 3.40. The van der Waals surface area contributed by atoms with Crippen molar-refractivity contribution in [3.05, 3.63) is 60.3 Å². The summed E-state index contributed by atoms with van der Waals surface area (Å²) in [5.74, 6) is -1.71. The minimum atomic E-state index is -0.994. The molecule has 0 N–H and O–H groups in total. The van der Waals surface area contributed by atoms with Crippen molar-refractivity contribution < 1.29 is 18.1 Å². The van der Waals surface area contributed by atoms with Crippen LogP contribution in [0.2, 0.25) is 0 Å². The third kappa shape index (κ3) is 2.86. The number of hydrogen-bond acceptors (Lipinski definition) is 5. The summed E-state index contributed by atoms with van der Waals surface area (Å²) in [6.45, 7) is 0.266. The van der Waals surface area contributed by atoms with Gasteiger partial charge in [-0.15, -0.1) is 0 Å². The van der Waals surface area contributed by atoms with Crippen molar-refractivity contribution in [1.82, 2.24) is 15.1 Å². The first-order chi connectivity index (χ1) is 12.1. The molecule has 1 saturated heterocycles. The summed E-state index contributed by atoms with van der Waals surface area (Å²) >= 11 is 0. The van der Waals surface area contributed by atoms with Gasteiger partial charge < -0.3 is 9.42 Å². The summed E-state index contributed by atoms with van der Waals surface area (Å²) in [6, 6.07) is 6.88. The van der Waals surface area contributed by atoms with Crippen LogP contribution in [0, 0.1) is 11.6 Å². The van der Waals surface area contributed by atoms with E-state index in [2.05, 4.69) is 15.1 Å². The van der Waals surface area contributed by atoms with E-state index in [9.17, 15) is 13.6 Å². The third-order valence-electron chi connectivity index (χ3n) is 4.07. The van der Waals surface area contributed by atoms with Gasteiger partial charge in [0.1, 0.15) is 0 Å². The number of pyridine rings is 1. The van der Waals surface area contributed by atoms with E-state index in [-0.39, 0.29) is 24.8 Å². The van der Waals surface area contributed by atoms with Crippen LogP contribution >= 0.6 is 0 Å². The van der Waals surface area contributed by atoms with Gasteiger partial charge in [-0.05, 0) is 24.3 Å². The van der Waals surface area contributed by atoms with Crippen molar-refractivity contribution >= 4 is 11.6 Å². The summed E-state index contributed by atoms with van der Waals surface area (Å²) in [5.41, 5.74) is 1.06. The Morgan fingerprint density at radius 1 is 1.12 bits per heavy atom. The molecule has 0 bridgehead atoms. The Labute approximate surface area is 141 Å². The molecular formula is C17H12F2N4O2. The van der Waals surface area contributed by atoms with Gasteiger partial charge in [-0.25, -0.2) is 8.78 Å². The van der Waals surface area contributed by atoms with E-state index >= 15 is 0 Å². The highest BCUT2D eigenvalue weighted by Gasteiger charge is 2.35. The zero-order valence-corrected chi connectivity index (χ0v) is 12.9. The fourth-order valence-corrected chi connectivity index (χ4v) is 2.79. The molecule has 1 aromatic carbocycles. The van der Waals surface area contributed by atoms with Gasteiger partial charge in [0.05, 0.1) is 5.92 Å². The van der Waals surface area contributed by atoms with Crippen molar-refractivity contribution in [2.75, 3.05) is 11.4 Å². The first-order valence-corrected chi connectivity index (χ1v) is 7.61. The van der Waals surface area contributed by atoms with E-state index < -0.39 is 11.6 Å². The number of benzene rings is 1. The standard InChI is InChI=1S/C17H12F2N4O2/c18-13-2-1-12(8-14(13)19)23-9-11(7-15(23)24)17-21-16(22-25-17)10-3-5-20-6-4-10/h1-6,8,11H,7,9H2. The van der Waals surface area contributed by atoms with Crippen molar-refractivity contribution in [1.29, 1.82) is 0 Å². The summed E-state index contributed by atoms with van der Waals surface area (Å²) in [5, 5.41) is 3.93. The predicted molar refractivity (Wildman–Crippen MR) is 83.6 cm³/mol. The Kier molecular flexibility index (Phi) is 3.72. The topological polar surface area (TPSA) is 72.1 Å². The average molecular weight is 342 g/mol. The van der Waals surface area contributed by atoms with Crippen LogP contribution in [-0.4, -0.2) is 27.6 Å². The van der Waals surface area contributed by atoms with Crippen LogP contribution in [0.15, 0.2) is 47.2 Å². The molecule has 0 aliphatic carbocycles. The first kappa shape index (κ1) is 15.4. The van der Waals surface area contributed by atoms with Crippen LogP contribution < -0.4 is 4.90 Å². The van der Waals surface area contributed by atoms with Crippen LogP contribution in [0.25, 0.3) is 11.4 Å². The highest BCUT2D eigenvalue weighted by atomic mass is 19.2. The number of aromatic nitrogens is 3. The van der Waals surface area contributed by atoms with Gasteiger partial charge >= 0.3 is 0 Å². The maximum absolute atomic E-state index is 13.4. The lowest BCUT2D eigenvalue weighted by molar-refractivity contribution is -0.117. The molecule has 3 aromatic rings. The smallest absolute Gasteiger partial charge is 0.232 e. The second-order valence-corrected chi connectivity index (χ2v) is 5.70. The third-order valence-corrected chi connectivity index (χ3v) is 4.07. The molecule has 2 aromatic heterocycles. The molecule has 1 aliphatic heterocycles. The molecule has 1 amide bonds. The second kappa shape index (κ2) is 6.04. The maximum atomic E-state index is 13.4. The van der Waals surface area contributed by atoms with Crippen LogP contribution in [0.3, 0.4) is 0 Å². The summed E-state index contributed by atoms with van der Waals surface area (Å²) in [7, 11) is 0. The largest absolute Gasteiger partial charge is 0.339 e. The Balaban J connectivity index is 1.56. The number of carbonyl (C=O) groups excluding carboxylic acids is 1. The predicted octanol–water partition coefficient (Wildman–Crippen LogP) is 2.93. The van der Waals surface area contributed by atoms with Crippen molar-refractivity contribution in [3.8, 4) is 11.4 Å². The molecular weight excluding hydrogens is 330 g/mol. The van der Waals surface area contributed by atoms with E-state index in [1.165, 1.54) is 11.0 Å². The number of hydrogen-bond donors (Lipinski definition) is 0. The number of nitrogens with zero attached hydrogens (tertiary/aromatic N) is 4. The number of carbonyl (C=O) groups is 1. The molecule has 1 unspecified atom stereocenters. The Morgan fingerprint density at radius 2 is 1.92 bits per heavy atom. The number of halogens is 2. The van der Waals surface area contributed by atoms with Gasteiger partial charge in [0.15, 0.2) is 11.6 Å². The molecule has 0 saturated carbocycles. The summed E-state index contributed by atoms with van der Waals surface area (Å²) < 4.78 is 31.8. The molecule has 0 radical (unpaired) electrons. The Morgan fingerprint density at radius 3 is 2.68 bits per heavy atom. The molecule has 126 valence electrons. The van der Waals surface area contributed by atoms with Crippen LogP contribution in [0.5, 0.6) is 0 Å². The van der Waals surface area contributed by atoms with Crippen molar-refractivity contribution in [2.45, 2.75) is 12.3 Å². The lowest BCUT2D eigenvalue weighted by Crippen LogP contribution is -2.24. The van der Waals surface area contributed by atoms with Crippen LogP contribution in [0.1, 0.15) is 18.2 Å². The zero-order chi connectivity index (χ0) is 17.4. The highest BCUT2D eigenvalue weighted by molar-refractivity contribution is 5.96. The van der Waals surface area contributed by atoms with Gasteiger partial charge in [0.2, 0.25) is 17.6 Å². The molecule has 6 nitrogen and oxygen atoms in total. The fraction of sp³-hybridized carbons (Fsp3) is 0.176. The van der Waals surface area contributed by atoms with Crippen molar-refractivity contribution in [2.24, 2.45) is 0 Å². The average Bonchev–Trinajstić information content (AvgIpc) is 3.25. The normalized spacial score (nSPS) is 17.3. The van der Waals surface area contributed by atoms with Crippen LogP contribution in [0.4, 0.5) is 14.5 Å². The molecule has 1 fully saturated rings. The zero-order valence-electron chi connectivity index (χ0n) is 12.9. The fourth-order valence-electron chi connectivity index (χ4n) is 2.79. The first-order valence-electron chi connectivity index (χ1n) is 7.61. The van der Waals surface area contributed by atoms with Gasteiger partial charge in [-0.3, -0.25) is 9.78 Å². The number of rotatable bonds is 3. The minimum Gasteiger partial charge on any atom is -0.339 e. The van der Waals surface area contributed by atoms with Gasteiger partial charge in [0.25, 0.3) is 0 Å². The monoisotopic (exact) mass is 342 g/mol. The molecule has 3 heterocycles. The highest BCUT2D eigenvalue weighted by Crippen LogP contribution is 2.32. The van der Waals surface area contributed by atoms with Gasteiger partial charge in [-0.2, -0.15) is 4.98 Å². The molecule has 1 aliphatic rings. The van der Waals surface area contributed by atoms with Crippen molar-refractivity contribution in [3.63, 3.8) is 0 Å². The lowest BCUT2D eigenvalue weighted by atomic mass is 10.1. The molecule has 8 heteroatoms. The van der Waals surface area contributed by atoms with Gasteiger partial charge in [-0.1, -0.05) is 5.16 Å². The summed E-state index contributed by atoms with van der Waals surface area (Å²) in [4.78, 5) is 21.9. The molecule has 25 heavy (non-hydrogen) atoms. The van der Waals surface area contributed by atoms with Gasteiger partial charge in [0, 0.05) is 42.7 Å². The Bertz CT molecular complexity index is 929. The van der Waals surface area contributed by atoms with E-state index in [4.69, 9.17) is 4.52 Å². The molecule has 1 atom stereocenters. The SMILES string of the molecule is O=C1CC(c2nc(-c3ccncc3)no2)CN1c1ccc(F)c(F)c1. The lowest BCUT2D eigenvalue weighted by Gasteiger charge is -2.16. The second-order valence-electron chi connectivity index (χ2n) is 5.70. The van der Waals surface area contributed by atoms with E-state index in [1.54, 1.807) is 24.5 Å².